The number of hydrogen-bond acceptors (Lipinski definition) is 4. The highest BCUT2D eigenvalue weighted by atomic mass is 16.6. The quantitative estimate of drug-likeness (QED) is 0.0766. The Balaban J connectivity index is 3.46. The Kier molecular flexibility index (Phi) is 27.2. The van der Waals surface area contributed by atoms with Gasteiger partial charge < -0.3 is 14.6 Å². The van der Waals surface area contributed by atoms with Crippen molar-refractivity contribution in [1.82, 2.24) is 0 Å². The average molecular weight is 481 g/mol. The van der Waals surface area contributed by atoms with Crippen molar-refractivity contribution in [2.75, 3.05) is 19.8 Å². The maximum absolute atomic E-state index is 11.9. The minimum Gasteiger partial charge on any atom is -0.457 e. The molecule has 0 aromatic heterocycles. The van der Waals surface area contributed by atoms with Crippen LogP contribution in [0, 0.1) is 0 Å². The highest BCUT2D eigenvalue weighted by Gasteiger charge is 2.13. The molecule has 0 aliphatic rings. The van der Waals surface area contributed by atoms with Crippen LogP contribution >= 0.6 is 0 Å². The van der Waals surface area contributed by atoms with E-state index >= 15 is 0 Å². The van der Waals surface area contributed by atoms with Crippen molar-refractivity contribution < 1.29 is 19.4 Å². The van der Waals surface area contributed by atoms with Crippen molar-refractivity contribution in [3.8, 4) is 0 Å². The van der Waals surface area contributed by atoms with Gasteiger partial charge in [-0.05, 0) is 38.5 Å². The van der Waals surface area contributed by atoms with E-state index in [9.17, 15) is 9.90 Å². The number of aliphatic hydroxyl groups is 1. The van der Waals surface area contributed by atoms with Crippen molar-refractivity contribution >= 4 is 5.97 Å². The van der Waals surface area contributed by atoms with Crippen molar-refractivity contribution in [1.29, 1.82) is 0 Å². The van der Waals surface area contributed by atoms with Gasteiger partial charge in [0.1, 0.15) is 6.10 Å². The molecule has 0 saturated carbocycles. The summed E-state index contributed by atoms with van der Waals surface area (Å²) in [6.45, 7) is 5.23. The van der Waals surface area contributed by atoms with Crippen LogP contribution in [0.5, 0.6) is 0 Å². The van der Waals surface area contributed by atoms with Crippen LogP contribution in [0.2, 0.25) is 0 Å². The molecular formula is C30H56O4. The fourth-order valence-electron chi connectivity index (χ4n) is 3.81. The van der Waals surface area contributed by atoms with E-state index in [0.29, 0.717) is 19.6 Å². The molecule has 4 heteroatoms. The summed E-state index contributed by atoms with van der Waals surface area (Å²) in [4.78, 5) is 11.9. The van der Waals surface area contributed by atoms with E-state index in [0.717, 1.165) is 25.7 Å². The van der Waals surface area contributed by atoms with Gasteiger partial charge in [0.25, 0.3) is 0 Å². The summed E-state index contributed by atoms with van der Waals surface area (Å²) in [5, 5.41) is 9.44. The van der Waals surface area contributed by atoms with Gasteiger partial charge in [-0.25, -0.2) is 0 Å². The molecule has 1 N–H and O–H groups in total. The summed E-state index contributed by atoms with van der Waals surface area (Å²) in [5.41, 5.74) is 0. The number of ether oxygens (including phenoxy) is 2. The van der Waals surface area contributed by atoms with E-state index in [1.807, 2.05) is 0 Å². The standard InChI is InChI=1S/C30H56O4/c1-3-5-7-9-11-12-13-14-15-16-17-18-20-22-24-26-33-28-29(27-31)34-30(32)25-23-21-19-10-8-6-4-2/h9,11,13-14,29,31H,3-8,10,12,15-28H2,1-2H3/b11-9-,14-13-. The lowest BCUT2D eigenvalue weighted by atomic mass is 10.1. The second kappa shape index (κ2) is 28.1. The lowest BCUT2D eigenvalue weighted by Crippen LogP contribution is -2.27. The Hall–Kier alpha value is -1.13. The minimum absolute atomic E-state index is 0.174. The highest BCUT2D eigenvalue weighted by molar-refractivity contribution is 5.69. The molecule has 200 valence electrons. The summed E-state index contributed by atoms with van der Waals surface area (Å²) in [7, 11) is 0. The van der Waals surface area contributed by atoms with Crippen LogP contribution in [0.3, 0.4) is 0 Å². The van der Waals surface area contributed by atoms with Crippen LogP contribution in [-0.4, -0.2) is 37.0 Å². The fraction of sp³-hybridized carbons (Fsp3) is 0.833. The molecule has 34 heavy (non-hydrogen) atoms. The Morgan fingerprint density at radius 2 is 1.26 bits per heavy atom. The SMILES string of the molecule is CCCC/C=C\C/C=C\CCCCCCCCOCC(CO)OC(=O)CCCCCCCCC. The number of carbonyl (C=O) groups excluding carboxylic acids is 1. The van der Waals surface area contributed by atoms with Crippen molar-refractivity contribution in [3.05, 3.63) is 24.3 Å². The predicted molar refractivity (Wildman–Crippen MR) is 145 cm³/mol. The molecule has 0 aromatic rings. The molecule has 4 nitrogen and oxygen atoms in total. The molecule has 0 amide bonds. The van der Waals surface area contributed by atoms with E-state index in [4.69, 9.17) is 9.47 Å². The summed E-state index contributed by atoms with van der Waals surface area (Å²) >= 11 is 0. The van der Waals surface area contributed by atoms with Crippen molar-refractivity contribution in [2.24, 2.45) is 0 Å². The Morgan fingerprint density at radius 1 is 0.706 bits per heavy atom. The molecule has 0 bridgehead atoms. The summed E-state index contributed by atoms with van der Waals surface area (Å²) in [6, 6.07) is 0. The Bertz CT molecular complexity index is 472. The number of carbonyl (C=O) groups is 1. The molecule has 0 saturated heterocycles. The number of aliphatic hydroxyl groups excluding tert-OH is 1. The number of esters is 1. The van der Waals surface area contributed by atoms with E-state index in [2.05, 4.69) is 38.2 Å². The number of hydrogen-bond donors (Lipinski definition) is 1. The largest absolute Gasteiger partial charge is 0.457 e. The number of unbranched alkanes of at least 4 members (excludes halogenated alkanes) is 14. The molecular weight excluding hydrogens is 424 g/mol. The van der Waals surface area contributed by atoms with Gasteiger partial charge in [-0.1, -0.05) is 115 Å². The predicted octanol–water partition coefficient (Wildman–Crippen LogP) is 8.47. The van der Waals surface area contributed by atoms with Crippen LogP contribution < -0.4 is 0 Å². The third-order valence-corrected chi connectivity index (χ3v) is 6.03. The first-order valence-electron chi connectivity index (χ1n) is 14.4. The first kappa shape index (κ1) is 32.9. The van der Waals surface area contributed by atoms with Crippen LogP contribution in [0.25, 0.3) is 0 Å². The van der Waals surface area contributed by atoms with Gasteiger partial charge >= 0.3 is 5.97 Å². The molecule has 0 heterocycles. The third kappa shape index (κ3) is 25.5. The highest BCUT2D eigenvalue weighted by Crippen LogP contribution is 2.10. The Labute approximate surface area is 211 Å². The smallest absolute Gasteiger partial charge is 0.306 e. The lowest BCUT2D eigenvalue weighted by Gasteiger charge is -2.15. The van der Waals surface area contributed by atoms with E-state index in [-0.39, 0.29) is 12.6 Å². The number of rotatable bonds is 26. The summed E-state index contributed by atoms with van der Waals surface area (Å²) in [5.74, 6) is -0.213. The van der Waals surface area contributed by atoms with E-state index in [1.165, 1.54) is 89.9 Å². The van der Waals surface area contributed by atoms with Gasteiger partial charge in [-0.15, -0.1) is 0 Å². The normalized spacial score (nSPS) is 12.7. The first-order valence-corrected chi connectivity index (χ1v) is 14.4. The second-order valence-corrected chi connectivity index (χ2v) is 9.47. The molecule has 0 aliphatic carbocycles. The van der Waals surface area contributed by atoms with E-state index in [1.54, 1.807) is 0 Å². The maximum Gasteiger partial charge on any atom is 0.306 e. The lowest BCUT2D eigenvalue weighted by molar-refractivity contribution is -0.154. The summed E-state index contributed by atoms with van der Waals surface area (Å²) < 4.78 is 11.0. The monoisotopic (exact) mass is 480 g/mol. The van der Waals surface area contributed by atoms with Crippen LogP contribution in [-0.2, 0) is 14.3 Å². The molecule has 0 spiro atoms. The molecule has 0 aromatic carbocycles. The first-order chi connectivity index (χ1) is 16.7. The maximum atomic E-state index is 11.9. The van der Waals surface area contributed by atoms with Crippen LogP contribution in [0.4, 0.5) is 0 Å². The molecule has 0 aliphatic heterocycles. The molecule has 0 radical (unpaired) electrons. The fourth-order valence-corrected chi connectivity index (χ4v) is 3.81. The van der Waals surface area contributed by atoms with Gasteiger partial charge in [0.15, 0.2) is 0 Å². The topological polar surface area (TPSA) is 55.8 Å². The van der Waals surface area contributed by atoms with Gasteiger partial charge in [0.05, 0.1) is 13.2 Å². The second-order valence-electron chi connectivity index (χ2n) is 9.47. The van der Waals surface area contributed by atoms with Gasteiger partial charge in [-0.2, -0.15) is 0 Å². The molecule has 0 fully saturated rings. The van der Waals surface area contributed by atoms with Gasteiger partial charge in [-0.3, -0.25) is 4.79 Å². The van der Waals surface area contributed by atoms with E-state index < -0.39 is 6.10 Å². The third-order valence-electron chi connectivity index (χ3n) is 6.03. The molecule has 0 rings (SSSR count). The zero-order valence-electron chi connectivity index (χ0n) is 22.6. The van der Waals surface area contributed by atoms with Crippen molar-refractivity contribution in [2.45, 2.75) is 142 Å². The van der Waals surface area contributed by atoms with Crippen LogP contribution in [0.1, 0.15) is 136 Å². The molecule has 1 unspecified atom stereocenters. The van der Waals surface area contributed by atoms with Crippen LogP contribution in [0.15, 0.2) is 24.3 Å². The Morgan fingerprint density at radius 3 is 1.91 bits per heavy atom. The zero-order chi connectivity index (χ0) is 25.0. The molecule has 1 atom stereocenters. The minimum atomic E-state index is -0.531. The van der Waals surface area contributed by atoms with Gasteiger partial charge in [0.2, 0.25) is 0 Å². The van der Waals surface area contributed by atoms with Gasteiger partial charge in [0, 0.05) is 13.0 Å². The number of allylic oxidation sites excluding steroid dienone is 4. The van der Waals surface area contributed by atoms with Crippen molar-refractivity contribution in [3.63, 3.8) is 0 Å². The average Bonchev–Trinajstić information content (AvgIpc) is 2.84. The summed E-state index contributed by atoms with van der Waals surface area (Å²) in [6.07, 6.45) is 30.6. The zero-order valence-corrected chi connectivity index (χ0v) is 22.6.